The van der Waals surface area contributed by atoms with E-state index in [4.69, 9.17) is 18.9 Å². The molecule has 4 nitrogen and oxygen atoms in total. The van der Waals surface area contributed by atoms with Crippen molar-refractivity contribution in [1.82, 2.24) is 0 Å². The molecule has 0 saturated carbocycles. The van der Waals surface area contributed by atoms with Crippen molar-refractivity contribution in [3.05, 3.63) is 138 Å². The minimum absolute atomic E-state index is 0.233. The van der Waals surface area contributed by atoms with Gasteiger partial charge < -0.3 is 18.9 Å². The Kier molecular flexibility index (Phi) is 9.43. The molecule has 0 unspecified atom stereocenters. The molecule has 5 rings (SSSR count). The molecule has 1 saturated heterocycles. The first-order valence-electron chi connectivity index (χ1n) is 12.6. The molecule has 37 heavy (non-hydrogen) atoms. The van der Waals surface area contributed by atoms with Crippen molar-refractivity contribution in [3.8, 4) is 0 Å². The number of thioether (sulfide) groups is 1. The summed E-state index contributed by atoms with van der Waals surface area (Å²) in [4.78, 5) is 1.13. The van der Waals surface area contributed by atoms with Gasteiger partial charge in [0.25, 0.3) is 0 Å². The lowest BCUT2D eigenvalue weighted by atomic mass is 10.0. The SMILES string of the molecule is c1ccc(CO[C@@H]2[C@@H](OCc3ccccc3)[C@H](Sc3ccccc3)OC[C@H]2OCc2ccccc2)cc1. The summed E-state index contributed by atoms with van der Waals surface area (Å²) >= 11 is 1.67. The van der Waals surface area contributed by atoms with Crippen LogP contribution in [0.1, 0.15) is 16.7 Å². The summed E-state index contributed by atoms with van der Waals surface area (Å²) in [6, 6.07) is 41.0. The van der Waals surface area contributed by atoms with E-state index in [1.807, 2.05) is 72.8 Å². The van der Waals surface area contributed by atoms with E-state index in [1.54, 1.807) is 11.8 Å². The highest BCUT2D eigenvalue weighted by molar-refractivity contribution is 7.99. The third-order valence-corrected chi connectivity index (χ3v) is 7.44. The van der Waals surface area contributed by atoms with Gasteiger partial charge >= 0.3 is 0 Å². The Labute approximate surface area is 223 Å². The molecule has 4 aromatic rings. The zero-order valence-electron chi connectivity index (χ0n) is 20.7. The number of hydrogen-bond acceptors (Lipinski definition) is 5. The second kappa shape index (κ2) is 13.6. The average molecular weight is 513 g/mol. The van der Waals surface area contributed by atoms with Crippen molar-refractivity contribution in [3.63, 3.8) is 0 Å². The highest BCUT2D eigenvalue weighted by atomic mass is 32.2. The van der Waals surface area contributed by atoms with E-state index in [1.165, 1.54) is 0 Å². The van der Waals surface area contributed by atoms with Gasteiger partial charge in [0.2, 0.25) is 0 Å². The average Bonchev–Trinajstić information content (AvgIpc) is 2.97. The molecule has 0 spiro atoms. The molecule has 0 bridgehead atoms. The fraction of sp³-hybridized carbons (Fsp3) is 0.250. The maximum absolute atomic E-state index is 6.60. The summed E-state index contributed by atoms with van der Waals surface area (Å²) in [6.45, 7) is 1.87. The predicted molar refractivity (Wildman–Crippen MR) is 147 cm³/mol. The van der Waals surface area contributed by atoms with Crippen LogP contribution in [-0.4, -0.2) is 30.4 Å². The van der Waals surface area contributed by atoms with Crippen LogP contribution < -0.4 is 0 Å². The second-order valence-corrected chi connectivity index (χ2v) is 10.2. The molecular weight excluding hydrogens is 480 g/mol. The molecule has 0 aromatic heterocycles. The second-order valence-electron chi connectivity index (χ2n) is 8.99. The molecule has 0 N–H and O–H groups in total. The van der Waals surface area contributed by atoms with Crippen molar-refractivity contribution >= 4 is 11.8 Å². The molecule has 190 valence electrons. The van der Waals surface area contributed by atoms with Crippen LogP contribution in [-0.2, 0) is 38.8 Å². The highest BCUT2D eigenvalue weighted by Crippen LogP contribution is 2.35. The fourth-order valence-electron chi connectivity index (χ4n) is 4.31. The van der Waals surface area contributed by atoms with E-state index >= 15 is 0 Å². The standard InChI is InChI=1S/C32H32O4S/c1-5-13-25(14-6-1)21-33-29-24-36-32(37-28-19-11-4-12-20-28)31(35-23-27-17-9-3-10-18-27)30(29)34-22-26-15-7-2-8-16-26/h1-20,29-32H,21-24H2/t29-,30+,31-,32+/m1/s1. The Hall–Kier alpha value is -2.93. The molecule has 4 atom stereocenters. The van der Waals surface area contributed by atoms with Crippen molar-refractivity contribution in [2.24, 2.45) is 0 Å². The summed E-state index contributed by atoms with van der Waals surface area (Å²) in [7, 11) is 0. The van der Waals surface area contributed by atoms with Gasteiger partial charge in [-0.3, -0.25) is 0 Å². The van der Waals surface area contributed by atoms with Crippen LogP contribution in [0.25, 0.3) is 0 Å². The smallest absolute Gasteiger partial charge is 0.136 e. The third-order valence-electron chi connectivity index (χ3n) is 6.26. The first-order valence-corrected chi connectivity index (χ1v) is 13.5. The van der Waals surface area contributed by atoms with Gasteiger partial charge in [0.15, 0.2) is 0 Å². The van der Waals surface area contributed by atoms with Gasteiger partial charge in [-0.25, -0.2) is 0 Å². The molecule has 1 aliphatic heterocycles. The Morgan fingerprint density at radius 1 is 0.541 bits per heavy atom. The number of ether oxygens (including phenoxy) is 4. The Balaban J connectivity index is 1.37. The zero-order chi connectivity index (χ0) is 25.1. The minimum atomic E-state index is -0.330. The third kappa shape index (κ3) is 7.54. The quantitative estimate of drug-likeness (QED) is 0.219. The highest BCUT2D eigenvalue weighted by Gasteiger charge is 2.43. The molecule has 5 heteroatoms. The van der Waals surface area contributed by atoms with E-state index < -0.39 is 0 Å². The van der Waals surface area contributed by atoms with Gasteiger partial charge in [-0.05, 0) is 28.8 Å². The van der Waals surface area contributed by atoms with Gasteiger partial charge in [-0.1, -0.05) is 121 Å². The summed E-state index contributed by atoms with van der Waals surface area (Å²) in [5.41, 5.74) is 3.11. The van der Waals surface area contributed by atoms with E-state index in [0.717, 1.165) is 21.6 Å². The van der Waals surface area contributed by atoms with Crippen LogP contribution in [0.3, 0.4) is 0 Å². The molecule has 4 aromatic carbocycles. The monoisotopic (exact) mass is 512 g/mol. The van der Waals surface area contributed by atoms with Gasteiger partial charge in [0.05, 0.1) is 26.4 Å². The van der Waals surface area contributed by atoms with Gasteiger partial charge in [0, 0.05) is 4.90 Å². The minimum Gasteiger partial charge on any atom is -0.368 e. The van der Waals surface area contributed by atoms with Crippen LogP contribution in [0.15, 0.2) is 126 Å². The molecule has 1 heterocycles. The Morgan fingerprint density at radius 3 is 1.49 bits per heavy atom. The lowest BCUT2D eigenvalue weighted by Gasteiger charge is -2.42. The van der Waals surface area contributed by atoms with Crippen LogP contribution in [0.2, 0.25) is 0 Å². The maximum Gasteiger partial charge on any atom is 0.136 e. The van der Waals surface area contributed by atoms with Gasteiger partial charge in [0.1, 0.15) is 23.7 Å². The normalized spacial score (nSPS) is 21.5. The lowest BCUT2D eigenvalue weighted by Crippen LogP contribution is -2.55. The van der Waals surface area contributed by atoms with Crippen LogP contribution in [0, 0.1) is 0 Å². The van der Waals surface area contributed by atoms with E-state index in [9.17, 15) is 0 Å². The summed E-state index contributed by atoms with van der Waals surface area (Å²) in [5.74, 6) is 0. The van der Waals surface area contributed by atoms with E-state index in [2.05, 4.69) is 48.5 Å². The van der Waals surface area contributed by atoms with Crippen molar-refractivity contribution in [2.75, 3.05) is 6.61 Å². The predicted octanol–water partition coefficient (Wildman–Crippen LogP) is 6.89. The number of rotatable bonds is 11. The number of benzene rings is 4. The molecule has 0 aliphatic carbocycles. The Morgan fingerprint density at radius 2 is 0.973 bits per heavy atom. The van der Waals surface area contributed by atoms with Crippen molar-refractivity contribution in [2.45, 2.75) is 48.5 Å². The topological polar surface area (TPSA) is 36.9 Å². The van der Waals surface area contributed by atoms with Crippen LogP contribution >= 0.6 is 11.8 Å². The van der Waals surface area contributed by atoms with Gasteiger partial charge in [-0.15, -0.1) is 0 Å². The van der Waals surface area contributed by atoms with E-state index in [-0.39, 0.29) is 23.7 Å². The van der Waals surface area contributed by atoms with Crippen LogP contribution in [0.5, 0.6) is 0 Å². The summed E-state index contributed by atoms with van der Waals surface area (Å²) in [5, 5.41) is 0. The molecule has 1 fully saturated rings. The maximum atomic E-state index is 6.60. The first kappa shape index (κ1) is 25.7. The zero-order valence-corrected chi connectivity index (χ0v) is 21.5. The number of hydrogen-bond donors (Lipinski definition) is 0. The molecule has 0 radical (unpaired) electrons. The summed E-state index contributed by atoms with van der Waals surface area (Å²) in [6.07, 6.45) is -0.899. The van der Waals surface area contributed by atoms with Crippen molar-refractivity contribution in [1.29, 1.82) is 0 Å². The van der Waals surface area contributed by atoms with Gasteiger partial charge in [-0.2, -0.15) is 0 Å². The molecular formula is C32H32O4S. The fourth-order valence-corrected chi connectivity index (χ4v) is 5.41. The molecule has 1 aliphatic rings. The van der Waals surface area contributed by atoms with Crippen molar-refractivity contribution < 1.29 is 18.9 Å². The Bertz CT molecular complexity index is 1170. The van der Waals surface area contributed by atoms with Crippen LogP contribution in [0.4, 0.5) is 0 Å². The lowest BCUT2D eigenvalue weighted by molar-refractivity contribution is -0.220. The first-order chi connectivity index (χ1) is 18.3. The molecule has 0 amide bonds. The van der Waals surface area contributed by atoms with E-state index in [0.29, 0.717) is 26.4 Å². The largest absolute Gasteiger partial charge is 0.368 e. The summed E-state index contributed by atoms with van der Waals surface area (Å²) < 4.78 is 26.0.